The zero-order valence-corrected chi connectivity index (χ0v) is 11.7. The first-order chi connectivity index (χ1) is 9.78. The van der Waals surface area contributed by atoms with Crippen LogP contribution in [0, 0.1) is 0 Å². The number of rotatable bonds is 1. The van der Waals surface area contributed by atoms with Gasteiger partial charge in [0.15, 0.2) is 0 Å². The molecule has 0 amide bonds. The Morgan fingerprint density at radius 3 is 2.80 bits per heavy atom. The number of fused-ring (bicyclic) bond motifs is 3. The van der Waals surface area contributed by atoms with E-state index in [1.165, 1.54) is 23.1 Å². The van der Waals surface area contributed by atoms with Crippen LogP contribution in [-0.2, 0) is 0 Å². The highest BCUT2D eigenvalue weighted by molar-refractivity contribution is 5.73. The topological polar surface area (TPSA) is 21.3 Å². The molecule has 2 nitrogen and oxygen atoms in total. The molecule has 2 aromatic rings. The molecule has 2 heterocycles. The second kappa shape index (κ2) is 4.35. The highest BCUT2D eigenvalue weighted by atomic mass is 16.5. The zero-order valence-electron chi connectivity index (χ0n) is 11.7. The van der Waals surface area contributed by atoms with Crippen LogP contribution in [-0.4, -0.2) is 18.7 Å². The fourth-order valence-corrected chi connectivity index (χ4v) is 3.65. The number of para-hydroxylation sites is 1. The van der Waals surface area contributed by atoms with E-state index in [9.17, 15) is 0 Å². The van der Waals surface area contributed by atoms with Gasteiger partial charge in [-0.3, -0.25) is 0 Å². The molecule has 0 aliphatic carbocycles. The quantitative estimate of drug-likeness (QED) is 0.851. The Hall–Kier alpha value is -1.80. The van der Waals surface area contributed by atoms with E-state index in [1.807, 2.05) is 0 Å². The van der Waals surface area contributed by atoms with Gasteiger partial charge < -0.3 is 10.1 Å². The van der Waals surface area contributed by atoms with Gasteiger partial charge in [0.1, 0.15) is 12.4 Å². The average Bonchev–Trinajstić information content (AvgIpc) is 2.90. The van der Waals surface area contributed by atoms with Gasteiger partial charge in [0, 0.05) is 11.5 Å². The lowest BCUT2D eigenvalue weighted by Gasteiger charge is -2.38. The van der Waals surface area contributed by atoms with Crippen LogP contribution in [0.25, 0.3) is 11.1 Å². The Morgan fingerprint density at radius 1 is 1.10 bits per heavy atom. The molecule has 1 N–H and O–H groups in total. The standard InChI is InChI=1S/C18H19NO/c1-18-12-20-17-14(13-6-3-2-4-7-13)8-5-9-15(17)16(18)10-11-19-18/h2-9,16,19H,10-12H2,1H3/t16-,18+/m0/s1. The molecule has 2 aliphatic rings. The summed E-state index contributed by atoms with van der Waals surface area (Å²) in [5.74, 6) is 1.65. The maximum absolute atomic E-state index is 6.16. The average molecular weight is 265 g/mol. The lowest BCUT2D eigenvalue weighted by Crippen LogP contribution is -2.48. The van der Waals surface area contributed by atoms with Crippen LogP contribution in [0.4, 0.5) is 0 Å². The van der Waals surface area contributed by atoms with Gasteiger partial charge >= 0.3 is 0 Å². The second-order valence-corrected chi connectivity index (χ2v) is 6.06. The van der Waals surface area contributed by atoms with Crippen molar-refractivity contribution in [3.8, 4) is 16.9 Å². The predicted octanol–water partition coefficient (Wildman–Crippen LogP) is 3.58. The maximum Gasteiger partial charge on any atom is 0.130 e. The van der Waals surface area contributed by atoms with Crippen molar-refractivity contribution in [1.29, 1.82) is 0 Å². The Morgan fingerprint density at radius 2 is 1.95 bits per heavy atom. The third kappa shape index (κ3) is 1.68. The van der Waals surface area contributed by atoms with Crippen LogP contribution in [0.2, 0.25) is 0 Å². The molecule has 0 saturated carbocycles. The Labute approximate surface area is 119 Å². The van der Waals surface area contributed by atoms with Crippen molar-refractivity contribution in [2.75, 3.05) is 13.2 Å². The first kappa shape index (κ1) is 12.0. The Kier molecular flexibility index (Phi) is 2.61. The third-order valence-corrected chi connectivity index (χ3v) is 4.75. The monoisotopic (exact) mass is 265 g/mol. The van der Waals surface area contributed by atoms with Gasteiger partial charge in [0.05, 0.1) is 5.54 Å². The number of ether oxygens (including phenoxy) is 1. The summed E-state index contributed by atoms with van der Waals surface area (Å²) in [5, 5.41) is 3.61. The molecule has 0 unspecified atom stereocenters. The smallest absolute Gasteiger partial charge is 0.130 e. The van der Waals surface area contributed by atoms with Gasteiger partial charge in [-0.2, -0.15) is 0 Å². The first-order valence-corrected chi connectivity index (χ1v) is 7.34. The first-order valence-electron chi connectivity index (χ1n) is 7.34. The van der Waals surface area contributed by atoms with Crippen molar-refractivity contribution in [3.63, 3.8) is 0 Å². The van der Waals surface area contributed by atoms with Crippen LogP contribution < -0.4 is 10.1 Å². The van der Waals surface area contributed by atoms with E-state index in [0.29, 0.717) is 5.92 Å². The molecule has 2 aromatic carbocycles. The fraction of sp³-hybridized carbons (Fsp3) is 0.333. The van der Waals surface area contributed by atoms with E-state index in [-0.39, 0.29) is 5.54 Å². The van der Waals surface area contributed by atoms with E-state index in [4.69, 9.17) is 4.74 Å². The van der Waals surface area contributed by atoms with Crippen LogP contribution in [0.5, 0.6) is 5.75 Å². The van der Waals surface area contributed by atoms with Gasteiger partial charge in [0.2, 0.25) is 0 Å². The SMILES string of the molecule is C[C@@]12COc3c(-c4ccccc4)cccc3[C@@H]1CCN2. The molecule has 20 heavy (non-hydrogen) atoms. The van der Waals surface area contributed by atoms with Gasteiger partial charge in [-0.1, -0.05) is 48.5 Å². The van der Waals surface area contributed by atoms with E-state index in [1.54, 1.807) is 0 Å². The van der Waals surface area contributed by atoms with Crippen molar-refractivity contribution in [2.45, 2.75) is 24.8 Å². The van der Waals surface area contributed by atoms with Crippen LogP contribution in [0.3, 0.4) is 0 Å². The summed E-state index contributed by atoms with van der Waals surface area (Å²) < 4.78 is 6.16. The summed E-state index contributed by atoms with van der Waals surface area (Å²) in [6.07, 6.45) is 1.20. The maximum atomic E-state index is 6.16. The van der Waals surface area contributed by atoms with Crippen LogP contribution in [0.1, 0.15) is 24.8 Å². The summed E-state index contributed by atoms with van der Waals surface area (Å²) in [7, 11) is 0. The van der Waals surface area contributed by atoms with Crippen molar-refractivity contribution < 1.29 is 4.74 Å². The van der Waals surface area contributed by atoms with Crippen molar-refractivity contribution in [3.05, 3.63) is 54.1 Å². The Bertz CT molecular complexity index is 637. The third-order valence-electron chi connectivity index (χ3n) is 4.75. The highest BCUT2D eigenvalue weighted by Crippen LogP contribution is 2.47. The Balaban J connectivity index is 1.86. The molecule has 1 fully saturated rings. The number of benzene rings is 2. The summed E-state index contributed by atoms with van der Waals surface area (Å²) in [6.45, 7) is 4.12. The number of nitrogens with one attached hydrogen (secondary N) is 1. The molecule has 0 spiro atoms. The molecule has 102 valence electrons. The molecule has 2 atom stereocenters. The van der Waals surface area contributed by atoms with E-state index >= 15 is 0 Å². The molecule has 1 saturated heterocycles. The fourth-order valence-electron chi connectivity index (χ4n) is 3.65. The summed E-state index contributed by atoms with van der Waals surface area (Å²) in [4.78, 5) is 0. The van der Waals surface area contributed by atoms with E-state index in [2.05, 4.69) is 60.8 Å². The van der Waals surface area contributed by atoms with Gasteiger partial charge in [0.25, 0.3) is 0 Å². The van der Waals surface area contributed by atoms with Gasteiger partial charge in [-0.05, 0) is 31.0 Å². The second-order valence-electron chi connectivity index (χ2n) is 6.06. The molecule has 0 radical (unpaired) electrons. The molecular weight excluding hydrogens is 246 g/mol. The molecular formula is C18H19NO. The van der Waals surface area contributed by atoms with E-state index < -0.39 is 0 Å². The largest absolute Gasteiger partial charge is 0.491 e. The summed E-state index contributed by atoms with van der Waals surface area (Å²) >= 11 is 0. The minimum absolute atomic E-state index is 0.0995. The van der Waals surface area contributed by atoms with Gasteiger partial charge in [-0.15, -0.1) is 0 Å². The summed E-state index contributed by atoms with van der Waals surface area (Å²) in [5.41, 5.74) is 3.92. The lowest BCUT2D eigenvalue weighted by molar-refractivity contribution is 0.171. The lowest BCUT2D eigenvalue weighted by atomic mass is 9.79. The van der Waals surface area contributed by atoms with Crippen LogP contribution in [0.15, 0.2) is 48.5 Å². The minimum Gasteiger partial charge on any atom is -0.491 e. The number of hydrogen-bond donors (Lipinski definition) is 1. The normalized spacial score (nSPS) is 27.6. The van der Waals surface area contributed by atoms with Crippen molar-refractivity contribution in [2.24, 2.45) is 0 Å². The van der Waals surface area contributed by atoms with Crippen molar-refractivity contribution >= 4 is 0 Å². The molecule has 2 heteroatoms. The molecule has 2 aliphatic heterocycles. The predicted molar refractivity (Wildman–Crippen MR) is 81.1 cm³/mol. The van der Waals surface area contributed by atoms with E-state index in [0.717, 1.165) is 18.9 Å². The molecule has 4 rings (SSSR count). The zero-order chi connectivity index (χ0) is 13.6. The molecule has 0 aromatic heterocycles. The number of hydrogen-bond acceptors (Lipinski definition) is 2. The minimum atomic E-state index is 0.0995. The molecule has 0 bridgehead atoms. The van der Waals surface area contributed by atoms with Gasteiger partial charge in [-0.25, -0.2) is 0 Å². The van der Waals surface area contributed by atoms with Crippen LogP contribution >= 0.6 is 0 Å². The highest BCUT2D eigenvalue weighted by Gasteiger charge is 2.44. The van der Waals surface area contributed by atoms with Crippen molar-refractivity contribution in [1.82, 2.24) is 5.32 Å². The summed E-state index contributed by atoms with van der Waals surface area (Å²) in [6, 6.07) is 17.1.